The fourth-order valence-electron chi connectivity index (χ4n) is 3.33. The number of amides is 1. The van der Waals surface area contributed by atoms with Crippen molar-refractivity contribution >= 4 is 49.8 Å². The van der Waals surface area contributed by atoms with Gasteiger partial charge in [-0.3, -0.25) is 4.79 Å². The summed E-state index contributed by atoms with van der Waals surface area (Å²) < 4.78 is 17.8. The Hall–Kier alpha value is -3.58. The van der Waals surface area contributed by atoms with Gasteiger partial charge < -0.3 is 13.9 Å². The molecule has 0 radical (unpaired) electrons. The Balaban J connectivity index is 1.53. The first kappa shape index (κ1) is 21.6. The molecule has 0 unspecified atom stereocenters. The van der Waals surface area contributed by atoms with Crippen LogP contribution in [0.25, 0.3) is 21.7 Å². The van der Waals surface area contributed by atoms with E-state index in [0.717, 1.165) is 21.7 Å². The van der Waals surface area contributed by atoms with Gasteiger partial charge in [0.1, 0.15) is 12.2 Å². The Morgan fingerprint density at radius 3 is 2.81 bits per heavy atom. The molecular weight excluding hydrogens is 472 g/mol. The van der Waals surface area contributed by atoms with Gasteiger partial charge in [-0.25, -0.2) is 5.43 Å². The maximum absolute atomic E-state index is 12.6. The van der Waals surface area contributed by atoms with Crippen LogP contribution in [0.5, 0.6) is 11.5 Å². The third-order valence-corrected chi connectivity index (χ3v) is 5.30. The summed E-state index contributed by atoms with van der Waals surface area (Å²) in [4.78, 5) is 12.6. The molecule has 7 heteroatoms. The van der Waals surface area contributed by atoms with Gasteiger partial charge in [0.2, 0.25) is 0 Å². The van der Waals surface area contributed by atoms with E-state index in [1.165, 1.54) is 6.21 Å². The van der Waals surface area contributed by atoms with Crippen molar-refractivity contribution in [2.45, 2.75) is 6.92 Å². The lowest BCUT2D eigenvalue weighted by Gasteiger charge is -2.13. The predicted octanol–water partition coefficient (Wildman–Crippen LogP) is 6.08. The molecule has 0 bridgehead atoms. The van der Waals surface area contributed by atoms with Crippen molar-refractivity contribution in [1.29, 1.82) is 0 Å². The van der Waals surface area contributed by atoms with E-state index in [9.17, 15) is 4.79 Å². The minimum Gasteiger partial charge on any atom is -0.490 e. The van der Waals surface area contributed by atoms with Crippen LogP contribution in [-0.2, 0) is 0 Å². The van der Waals surface area contributed by atoms with Crippen LogP contribution in [0.4, 0.5) is 0 Å². The van der Waals surface area contributed by atoms with E-state index < -0.39 is 5.91 Å². The van der Waals surface area contributed by atoms with Gasteiger partial charge in [0, 0.05) is 5.39 Å². The molecule has 1 amide bonds. The van der Waals surface area contributed by atoms with E-state index in [2.05, 4.69) is 33.0 Å². The molecule has 0 aliphatic carbocycles. The maximum atomic E-state index is 12.6. The summed E-state index contributed by atoms with van der Waals surface area (Å²) in [5.74, 6) is 0.914. The van der Waals surface area contributed by atoms with Gasteiger partial charge in [0.25, 0.3) is 0 Å². The molecule has 4 rings (SSSR count). The smallest absolute Gasteiger partial charge is 0.307 e. The standard InChI is InChI=1S/C25H21BrN2O4/c1-3-11-31-24-20(26)12-16(13-22(24)30-4-2)15-27-28-25(29)23-14-19-18-8-6-5-7-17(18)9-10-21(19)32-23/h3,5-10,12-15H,1,4,11H2,2H3,(H,28,29). The number of ether oxygens (including phenoxy) is 2. The van der Waals surface area contributed by atoms with E-state index in [1.54, 1.807) is 18.2 Å². The molecule has 0 saturated heterocycles. The fourth-order valence-corrected chi connectivity index (χ4v) is 3.91. The monoisotopic (exact) mass is 492 g/mol. The van der Waals surface area contributed by atoms with Crippen molar-refractivity contribution in [3.8, 4) is 11.5 Å². The Bertz CT molecular complexity index is 1330. The second-order valence-corrected chi connectivity index (χ2v) is 7.73. The summed E-state index contributed by atoms with van der Waals surface area (Å²) in [6.07, 6.45) is 3.19. The van der Waals surface area contributed by atoms with Crippen molar-refractivity contribution in [3.05, 3.63) is 83.0 Å². The number of hydrazone groups is 1. The zero-order valence-electron chi connectivity index (χ0n) is 17.4. The molecule has 1 aromatic heterocycles. The highest BCUT2D eigenvalue weighted by Crippen LogP contribution is 2.36. The van der Waals surface area contributed by atoms with Crippen molar-refractivity contribution in [2.75, 3.05) is 13.2 Å². The van der Waals surface area contributed by atoms with Crippen LogP contribution in [0.1, 0.15) is 23.0 Å². The average Bonchev–Trinajstić information content (AvgIpc) is 3.24. The van der Waals surface area contributed by atoms with Gasteiger partial charge >= 0.3 is 5.91 Å². The fraction of sp³-hybridized carbons (Fsp3) is 0.120. The molecule has 3 aromatic carbocycles. The maximum Gasteiger partial charge on any atom is 0.307 e. The van der Waals surface area contributed by atoms with Crippen molar-refractivity contribution in [1.82, 2.24) is 5.43 Å². The summed E-state index contributed by atoms with van der Waals surface area (Å²) in [5.41, 5.74) is 3.89. The minimum atomic E-state index is -0.434. The highest BCUT2D eigenvalue weighted by Gasteiger charge is 2.14. The summed E-state index contributed by atoms with van der Waals surface area (Å²) >= 11 is 3.49. The lowest BCUT2D eigenvalue weighted by atomic mass is 10.1. The average molecular weight is 493 g/mol. The molecule has 0 spiro atoms. The van der Waals surface area contributed by atoms with Crippen LogP contribution in [0.2, 0.25) is 0 Å². The number of nitrogens with zero attached hydrogens (tertiary/aromatic N) is 1. The van der Waals surface area contributed by atoms with Gasteiger partial charge in [-0.05, 0) is 63.5 Å². The predicted molar refractivity (Wildman–Crippen MR) is 130 cm³/mol. The van der Waals surface area contributed by atoms with E-state index in [-0.39, 0.29) is 5.76 Å². The third kappa shape index (κ3) is 4.53. The van der Waals surface area contributed by atoms with Gasteiger partial charge in [0.05, 0.1) is 17.3 Å². The first-order valence-electron chi connectivity index (χ1n) is 10.1. The molecule has 1 heterocycles. The van der Waals surface area contributed by atoms with E-state index in [4.69, 9.17) is 13.9 Å². The van der Waals surface area contributed by atoms with Crippen LogP contribution in [0, 0.1) is 0 Å². The normalized spacial score (nSPS) is 11.2. The molecule has 6 nitrogen and oxygen atoms in total. The number of rotatable bonds is 8. The van der Waals surface area contributed by atoms with Crippen LogP contribution in [0.3, 0.4) is 0 Å². The van der Waals surface area contributed by atoms with E-state index >= 15 is 0 Å². The van der Waals surface area contributed by atoms with Crippen molar-refractivity contribution in [3.63, 3.8) is 0 Å². The number of hydrogen-bond acceptors (Lipinski definition) is 5. The lowest BCUT2D eigenvalue weighted by molar-refractivity contribution is 0.0929. The van der Waals surface area contributed by atoms with Crippen molar-refractivity contribution < 1.29 is 18.7 Å². The van der Waals surface area contributed by atoms with Crippen molar-refractivity contribution in [2.24, 2.45) is 5.10 Å². The van der Waals surface area contributed by atoms with Gasteiger partial charge in [-0.1, -0.05) is 43.0 Å². The highest BCUT2D eigenvalue weighted by atomic mass is 79.9. The first-order chi connectivity index (χ1) is 15.6. The Kier molecular flexibility index (Phi) is 6.56. The van der Waals surface area contributed by atoms with Gasteiger partial charge in [-0.2, -0.15) is 5.10 Å². The summed E-state index contributed by atoms with van der Waals surface area (Å²) in [7, 11) is 0. The van der Waals surface area contributed by atoms with Gasteiger partial charge in [-0.15, -0.1) is 0 Å². The summed E-state index contributed by atoms with van der Waals surface area (Å²) in [6.45, 7) is 6.39. The number of hydrogen-bond donors (Lipinski definition) is 1. The zero-order valence-corrected chi connectivity index (χ0v) is 19.0. The molecule has 0 aliphatic heterocycles. The van der Waals surface area contributed by atoms with E-state index in [1.807, 2.05) is 49.4 Å². The second kappa shape index (κ2) is 9.70. The molecule has 0 aliphatic rings. The number of fused-ring (bicyclic) bond motifs is 3. The first-order valence-corrected chi connectivity index (χ1v) is 10.8. The lowest BCUT2D eigenvalue weighted by Crippen LogP contribution is -2.16. The second-order valence-electron chi connectivity index (χ2n) is 6.87. The summed E-state index contributed by atoms with van der Waals surface area (Å²) in [5, 5.41) is 7.07. The summed E-state index contributed by atoms with van der Waals surface area (Å²) in [6, 6.07) is 17.1. The number of nitrogens with one attached hydrogen (secondary N) is 1. The van der Waals surface area contributed by atoms with Crippen LogP contribution in [-0.4, -0.2) is 25.3 Å². The zero-order chi connectivity index (χ0) is 22.5. The van der Waals surface area contributed by atoms with Crippen LogP contribution in [0.15, 0.2) is 81.2 Å². The Morgan fingerprint density at radius 2 is 2.00 bits per heavy atom. The Morgan fingerprint density at radius 1 is 1.16 bits per heavy atom. The Labute approximate surface area is 193 Å². The molecule has 0 atom stereocenters. The molecule has 4 aromatic rings. The number of halogens is 1. The number of carbonyl (C=O) groups is 1. The largest absolute Gasteiger partial charge is 0.490 e. The molecule has 162 valence electrons. The number of furan rings is 1. The van der Waals surface area contributed by atoms with Gasteiger partial charge in [0.15, 0.2) is 17.3 Å². The number of benzene rings is 3. The molecule has 1 N–H and O–H groups in total. The molecule has 0 saturated carbocycles. The van der Waals surface area contributed by atoms with Crippen LogP contribution < -0.4 is 14.9 Å². The quantitative estimate of drug-likeness (QED) is 0.184. The highest BCUT2D eigenvalue weighted by molar-refractivity contribution is 9.10. The topological polar surface area (TPSA) is 73.1 Å². The molecule has 0 fully saturated rings. The third-order valence-electron chi connectivity index (χ3n) is 4.71. The van der Waals surface area contributed by atoms with Crippen LogP contribution >= 0.6 is 15.9 Å². The minimum absolute atomic E-state index is 0.192. The molecular formula is C25H21BrN2O4. The molecule has 32 heavy (non-hydrogen) atoms. The van der Waals surface area contributed by atoms with E-state index in [0.29, 0.717) is 34.8 Å². The SMILES string of the molecule is C=CCOc1c(Br)cc(C=NNC(=O)c2cc3c(ccc4ccccc43)o2)cc1OCC. The number of carbonyl (C=O) groups excluding carboxylic acids is 1.